The molecule has 35 heavy (non-hydrogen) atoms. The molecule has 0 aliphatic rings. The summed E-state index contributed by atoms with van der Waals surface area (Å²) in [6.07, 6.45) is -4.43. The quantitative estimate of drug-likeness (QED) is 0.413. The second-order valence-corrected chi connectivity index (χ2v) is 7.78. The Balaban J connectivity index is 1.80. The molecule has 0 radical (unpaired) electrons. The molecule has 2 aromatic heterocycles. The number of carbonyl (C=O) groups is 1. The first-order valence-corrected chi connectivity index (χ1v) is 10.7. The summed E-state index contributed by atoms with van der Waals surface area (Å²) >= 11 is 0. The minimum atomic E-state index is -4.56. The smallest absolute Gasteiger partial charge is 0.416 e. The highest BCUT2D eigenvalue weighted by Gasteiger charge is 2.31. The van der Waals surface area contributed by atoms with Crippen LogP contribution in [0.15, 0.2) is 57.8 Å². The second-order valence-electron chi connectivity index (χ2n) is 7.78. The van der Waals surface area contributed by atoms with Gasteiger partial charge in [-0.05, 0) is 43.7 Å². The molecular weight excluding hydrogens is 465 g/mol. The number of hydrogen-bond donors (Lipinski definition) is 1. The highest BCUT2D eigenvalue weighted by molar-refractivity contribution is 5.95. The Hall–Kier alpha value is -4.15. The van der Waals surface area contributed by atoms with E-state index in [0.29, 0.717) is 28.2 Å². The van der Waals surface area contributed by atoms with Crippen LogP contribution in [0.1, 0.15) is 30.7 Å². The maximum absolute atomic E-state index is 13.2. The summed E-state index contributed by atoms with van der Waals surface area (Å²) in [5.41, 5.74) is -0.679. The van der Waals surface area contributed by atoms with E-state index in [1.54, 1.807) is 38.1 Å². The first kappa shape index (κ1) is 24.0. The predicted octanol–water partition coefficient (Wildman–Crippen LogP) is 4.98. The number of aryl methyl sites for hydroxylation is 1. The van der Waals surface area contributed by atoms with Gasteiger partial charge in [-0.1, -0.05) is 30.3 Å². The lowest BCUT2D eigenvalue weighted by Crippen LogP contribution is -2.35. The largest absolute Gasteiger partial charge is 0.497 e. The molecule has 4 rings (SSSR count). The van der Waals surface area contributed by atoms with Crippen molar-refractivity contribution in [3.05, 3.63) is 70.2 Å². The van der Waals surface area contributed by atoms with Crippen molar-refractivity contribution in [2.45, 2.75) is 32.5 Å². The van der Waals surface area contributed by atoms with Gasteiger partial charge in [-0.3, -0.25) is 9.59 Å². The molecule has 0 saturated carbocycles. The molecule has 4 aromatic rings. The number of carbonyl (C=O) groups excluding carboxylic acids is 1. The monoisotopic (exact) mass is 486 g/mol. The molecule has 182 valence electrons. The average molecular weight is 486 g/mol. The molecule has 0 aliphatic heterocycles. The van der Waals surface area contributed by atoms with Crippen molar-refractivity contribution in [1.29, 1.82) is 0 Å². The van der Waals surface area contributed by atoms with Crippen LogP contribution in [0.25, 0.3) is 22.2 Å². The summed E-state index contributed by atoms with van der Waals surface area (Å²) in [4.78, 5) is 26.3. The molecule has 8 nitrogen and oxygen atoms in total. The van der Waals surface area contributed by atoms with Crippen molar-refractivity contribution < 1.29 is 27.2 Å². The molecular formula is C24H21F3N4O4. The van der Waals surface area contributed by atoms with Crippen molar-refractivity contribution in [3.8, 4) is 17.0 Å². The number of methoxy groups -OCH3 is 1. The number of alkyl halides is 3. The molecule has 0 fully saturated rings. The average Bonchev–Trinajstić information content (AvgIpc) is 3.22. The Kier molecular flexibility index (Phi) is 6.33. The molecule has 0 bridgehead atoms. The summed E-state index contributed by atoms with van der Waals surface area (Å²) in [6, 6.07) is 10.1. The van der Waals surface area contributed by atoms with Crippen LogP contribution >= 0.6 is 0 Å². The zero-order valence-electron chi connectivity index (χ0n) is 19.0. The third-order valence-corrected chi connectivity index (χ3v) is 5.50. The molecule has 1 atom stereocenters. The SMILES string of the molecule is CCC(C(=O)Nc1cccc(C(F)(F)F)c1)n1nc(-c2cccc(OC)c2)c2c(C)onc2c1=O. The Morgan fingerprint density at radius 1 is 1.20 bits per heavy atom. The highest BCUT2D eigenvalue weighted by Crippen LogP contribution is 2.32. The lowest BCUT2D eigenvalue weighted by atomic mass is 10.1. The van der Waals surface area contributed by atoms with E-state index in [1.165, 1.54) is 19.2 Å². The number of ether oxygens (including phenoxy) is 1. The summed E-state index contributed by atoms with van der Waals surface area (Å²) < 4.78 is 50.7. The van der Waals surface area contributed by atoms with Gasteiger partial charge in [0.1, 0.15) is 23.2 Å². The number of nitrogens with one attached hydrogen (secondary N) is 1. The minimum absolute atomic E-state index is 0.0133. The number of aromatic nitrogens is 3. The third-order valence-electron chi connectivity index (χ3n) is 5.50. The van der Waals surface area contributed by atoms with E-state index in [2.05, 4.69) is 15.6 Å². The lowest BCUT2D eigenvalue weighted by molar-refractivity contribution is -0.137. The van der Waals surface area contributed by atoms with Gasteiger partial charge in [-0.25, -0.2) is 4.68 Å². The van der Waals surface area contributed by atoms with E-state index in [9.17, 15) is 22.8 Å². The van der Waals surface area contributed by atoms with E-state index >= 15 is 0 Å². The zero-order chi connectivity index (χ0) is 25.3. The Labute approximate surface area is 197 Å². The van der Waals surface area contributed by atoms with Crippen LogP contribution in [0.2, 0.25) is 0 Å². The van der Waals surface area contributed by atoms with E-state index in [0.717, 1.165) is 16.8 Å². The van der Waals surface area contributed by atoms with E-state index in [4.69, 9.17) is 9.26 Å². The van der Waals surface area contributed by atoms with E-state index in [1.807, 2.05) is 0 Å². The Bertz CT molecular complexity index is 1460. The van der Waals surface area contributed by atoms with Crippen LogP contribution in [0.5, 0.6) is 5.75 Å². The first-order chi connectivity index (χ1) is 16.6. The molecule has 0 spiro atoms. The lowest BCUT2D eigenvalue weighted by Gasteiger charge is -2.18. The standard InChI is InChI=1S/C24H21F3N4O4/c1-4-18(22(32)28-16-9-6-8-15(12-16)24(25,26)27)31-23(33)21-19(13(2)35-30-21)20(29-31)14-7-5-10-17(11-14)34-3/h5-12,18H,4H2,1-3H3,(H,28,32). The fourth-order valence-corrected chi connectivity index (χ4v) is 3.76. The van der Waals surface area contributed by atoms with Gasteiger partial charge in [0.05, 0.1) is 18.1 Å². The number of anilines is 1. The van der Waals surface area contributed by atoms with Crippen molar-refractivity contribution in [2.24, 2.45) is 0 Å². The van der Waals surface area contributed by atoms with Crippen LogP contribution in [-0.4, -0.2) is 28.0 Å². The molecule has 2 aromatic carbocycles. The van der Waals surface area contributed by atoms with E-state index < -0.39 is 29.2 Å². The fourth-order valence-electron chi connectivity index (χ4n) is 3.76. The maximum atomic E-state index is 13.2. The molecule has 1 amide bonds. The summed E-state index contributed by atoms with van der Waals surface area (Å²) in [7, 11) is 1.51. The van der Waals surface area contributed by atoms with Gasteiger partial charge in [-0.15, -0.1) is 0 Å². The number of rotatable bonds is 6. The van der Waals surface area contributed by atoms with Crippen LogP contribution in [0, 0.1) is 6.92 Å². The van der Waals surface area contributed by atoms with Crippen molar-refractivity contribution >= 4 is 22.5 Å². The number of fused-ring (bicyclic) bond motifs is 1. The van der Waals surface area contributed by atoms with Crippen molar-refractivity contribution in [1.82, 2.24) is 14.9 Å². The number of halogens is 3. The minimum Gasteiger partial charge on any atom is -0.497 e. The Morgan fingerprint density at radius 3 is 2.63 bits per heavy atom. The molecule has 1 N–H and O–H groups in total. The second kappa shape index (κ2) is 9.24. The fraction of sp³-hybridized carbons (Fsp3) is 0.250. The van der Waals surface area contributed by atoms with Gasteiger partial charge < -0.3 is 14.6 Å². The molecule has 0 saturated heterocycles. The zero-order valence-corrected chi connectivity index (χ0v) is 19.0. The Morgan fingerprint density at radius 2 is 1.94 bits per heavy atom. The number of amides is 1. The van der Waals surface area contributed by atoms with Gasteiger partial charge >= 0.3 is 6.18 Å². The predicted molar refractivity (Wildman–Crippen MR) is 122 cm³/mol. The summed E-state index contributed by atoms with van der Waals surface area (Å²) in [5.74, 6) is 0.229. The molecule has 0 aliphatic carbocycles. The normalized spacial score (nSPS) is 12.5. The van der Waals surface area contributed by atoms with Crippen LogP contribution in [-0.2, 0) is 11.0 Å². The van der Waals surface area contributed by atoms with E-state index in [-0.39, 0.29) is 17.6 Å². The van der Waals surface area contributed by atoms with Gasteiger partial charge in [-0.2, -0.15) is 18.3 Å². The van der Waals surface area contributed by atoms with Crippen LogP contribution < -0.4 is 15.6 Å². The summed E-state index contributed by atoms with van der Waals surface area (Å²) in [6.45, 7) is 3.30. The number of hydrogen-bond acceptors (Lipinski definition) is 6. The maximum Gasteiger partial charge on any atom is 0.416 e. The van der Waals surface area contributed by atoms with Gasteiger partial charge in [0.15, 0.2) is 5.52 Å². The molecule has 11 heteroatoms. The van der Waals surface area contributed by atoms with Gasteiger partial charge in [0.25, 0.3) is 5.56 Å². The number of nitrogens with zero attached hydrogens (tertiary/aromatic N) is 3. The highest BCUT2D eigenvalue weighted by atomic mass is 19.4. The van der Waals surface area contributed by atoms with Crippen LogP contribution in [0.3, 0.4) is 0 Å². The topological polar surface area (TPSA) is 99.2 Å². The van der Waals surface area contributed by atoms with Gasteiger partial charge in [0, 0.05) is 11.3 Å². The molecule has 1 unspecified atom stereocenters. The third kappa shape index (κ3) is 4.61. The van der Waals surface area contributed by atoms with Crippen molar-refractivity contribution in [2.75, 3.05) is 12.4 Å². The summed E-state index contributed by atoms with van der Waals surface area (Å²) in [5, 5.41) is 11.2. The number of benzene rings is 2. The molecule has 2 heterocycles. The van der Waals surface area contributed by atoms with Gasteiger partial charge in [0.2, 0.25) is 5.91 Å². The first-order valence-electron chi connectivity index (χ1n) is 10.7. The van der Waals surface area contributed by atoms with Crippen molar-refractivity contribution in [3.63, 3.8) is 0 Å². The van der Waals surface area contributed by atoms with Crippen LogP contribution in [0.4, 0.5) is 18.9 Å².